The number of hydrogen-bond acceptors (Lipinski definition) is 14. The molecule has 2 saturated heterocycles. The van der Waals surface area contributed by atoms with Gasteiger partial charge < -0.3 is 48.3 Å². The minimum Gasteiger partial charge on any atom is -0.379 e. The van der Waals surface area contributed by atoms with E-state index in [-0.39, 0.29) is 23.2 Å². The van der Waals surface area contributed by atoms with Gasteiger partial charge in [-0.3, -0.25) is 9.52 Å². The Kier molecular flexibility index (Phi) is 21.4. The number of rotatable bonds is 30. The molecule has 17 nitrogen and oxygen atoms in total. The van der Waals surface area contributed by atoms with Crippen LogP contribution in [0.3, 0.4) is 0 Å². The van der Waals surface area contributed by atoms with Crippen molar-refractivity contribution < 1.29 is 46.4 Å². The number of aryl methyl sites for hydroxylation is 1. The average Bonchev–Trinajstić information content (AvgIpc) is 3.90. The SMILES string of the molecule is C#CCOCCOCCOCCOCCOCCOCCOCCCCN[C@H]1CCN(c2nc3cc([C@@H]4CCCCN4C(=O)c4cc(Cl)ccc4NS(C)(=O)=O)nn3cc2C)C1. The number of fused-ring (bicyclic) bond motifs is 1. The number of halogens is 1. The van der Waals surface area contributed by atoms with Crippen LogP contribution in [0.15, 0.2) is 30.5 Å². The molecule has 2 aromatic heterocycles. The topological polar surface area (TPSA) is 177 Å². The first-order valence-electron chi connectivity index (χ1n) is 21.5. The van der Waals surface area contributed by atoms with Crippen molar-refractivity contribution in [1.82, 2.24) is 24.8 Å². The van der Waals surface area contributed by atoms with Gasteiger partial charge >= 0.3 is 0 Å². The summed E-state index contributed by atoms with van der Waals surface area (Å²) in [4.78, 5) is 23.1. The van der Waals surface area contributed by atoms with Gasteiger partial charge in [-0.05, 0) is 70.2 Å². The second-order valence-electron chi connectivity index (χ2n) is 15.2. The summed E-state index contributed by atoms with van der Waals surface area (Å²) in [6.07, 6.45) is 13.7. The van der Waals surface area contributed by atoms with Crippen LogP contribution in [-0.2, 0) is 43.2 Å². The van der Waals surface area contributed by atoms with Gasteiger partial charge in [-0.2, -0.15) is 5.10 Å². The third-order valence-corrected chi connectivity index (χ3v) is 11.1. The van der Waals surface area contributed by atoms with Crippen LogP contribution in [0.25, 0.3) is 5.65 Å². The Morgan fingerprint density at radius 3 is 2.11 bits per heavy atom. The fraction of sp³-hybridized carbons (Fsp3) is 0.651. The number of unbranched alkanes of at least 4 members (excludes halogenated alkanes) is 1. The number of terminal acetylenes is 1. The minimum atomic E-state index is -3.61. The summed E-state index contributed by atoms with van der Waals surface area (Å²) >= 11 is 6.27. The number of sulfonamides is 1. The van der Waals surface area contributed by atoms with Gasteiger partial charge in [-0.25, -0.2) is 17.9 Å². The number of likely N-dealkylation sites (tertiary alicyclic amines) is 1. The molecule has 62 heavy (non-hydrogen) atoms. The van der Waals surface area contributed by atoms with Crippen LogP contribution < -0.4 is 14.9 Å². The van der Waals surface area contributed by atoms with Crippen LogP contribution in [0.1, 0.15) is 66.2 Å². The van der Waals surface area contributed by atoms with E-state index in [1.165, 1.54) is 12.1 Å². The minimum absolute atomic E-state index is 0.198. The van der Waals surface area contributed by atoms with Crippen LogP contribution in [0, 0.1) is 19.3 Å². The maximum atomic E-state index is 14.0. The Balaban J connectivity index is 0.917. The number of nitrogens with one attached hydrogen (secondary N) is 2. The molecule has 0 saturated carbocycles. The molecule has 2 aliphatic heterocycles. The number of amides is 1. The normalized spacial score (nSPS) is 16.9. The standard InChI is InChI=1S/C43H64ClN7O10S/c1-4-16-55-18-20-57-22-24-59-26-28-61-29-27-60-25-23-58-21-19-56-17-8-6-13-45-36-12-15-49(33-36)42-34(2)32-51-41(46-42)31-39(47-51)40-9-5-7-14-50(40)43(52)37-30-35(44)10-11-38(37)48-62(3,53)54/h1,10-11,30-32,36,40,45,48H,5-9,12-29,33H2,2-3H3/t36-,40-/m0/s1. The van der Waals surface area contributed by atoms with Crippen LogP contribution in [0.2, 0.25) is 5.02 Å². The Morgan fingerprint density at radius 1 is 0.855 bits per heavy atom. The van der Waals surface area contributed by atoms with Gasteiger partial charge in [0.25, 0.3) is 5.91 Å². The summed E-state index contributed by atoms with van der Waals surface area (Å²) in [6.45, 7) is 12.4. The summed E-state index contributed by atoms with van der Waals surface area (Å²) in [7, 11) is -3.61. The van der Waals surface area contributed by atoms with E-state index >= 15 is 0 Å². The zero-order valence-corrected chi connectivity index (χ0v) is 37.8. The fourth-order valence-corrected chi connectivity index (χ4v) is 8.08. The van der Waals surface area contributed by atoms with Gasteiger partial charge in [0.05, 0.1) is 109 Å². The molecule has 344 valence electrons. The summed E-state index contributed by atoms with van der Waals surface area (Å²) in [5, 5.41) is 8.94. The molecule has 1 aromatic carbocycles. The Hall–Kier alpha value is -3.61. The largest absolute Gasteiger partial charge is 0.379 e. The third kappa shape index (κ3) is 16.8. The second-order valence-corrected chi connectivity index (χ2v) is 17.4. The first kappa shape index (κ1) is 49.4. The van der Waals surface area contributed by atoms with Crippen molar-refractivity contribution in [2.75, 3.05) is 135 Å². The second kappa shape index (κ2) is 26.9. The quantitative estimate of drug-likeness (QED) is 0.0722. The van der Waals surface area contributed by atoms with Crippen LogP contribution in [0.4, 0.5) is 11.5 Å². The number of nitrogens with zero attached hydrogens (tertiary/aromatic N) is 5. The number of ether oxygens (including phenoxy) is 7. The molecule has 2 N–H and O–H groups in total. The van der Waals surface area contributed by atoms with Crippen molar-refractivity contribution >= 4 is 44.7 Å². The van der Waals surface area contributed by atoms with Gasteiger partial charge in [-0.15, -0.1) is 6.42 Å². The molecule has 0 spiro atoms. The van der Waals surface area contributed by atoms with E-state index in [9.17, 15) is 13.2 Å². The molecule has 1 amide bonds. The summed E-state index contributed by atoms with van der Waals surface area (Å²) in [5.74, 6) is 3.04. The lowest BCUT2D eigenvalue weighted by Crippen LogP contribution is -2.39. The van der Waals surface area contributed by atoms with Gasteiger partial charge in [0.15, 0.2) is 5.65 Å². The van der Waals surface area contributed by atoms with Crippen molar-refractivity contribution in [3.8, 4) is 12.3 Å². The molecule has 5 rings (SSSR count). The number of carbonyl (C=O) groups is 1. The van der Waals surface area contributed by atoms with Crippen LogP contribution in [-0.4, -0.2) is 165 Å². The third-order valence-electron chi connectivity index (χ3n) is 10.3. The number of carbonyl (C=O) groups excluding carboxylic acids is 1. The molecule has 2 atom stereocenters. The van der Waals surface area contributed by atoms with Crippen molar-refractivity contribution in [3.05, 3.63) is 52.3 Å². The average molecular weight is 907 g/mol. The van der Waals surface area contributed by atoms with Gasteiger partial charge in [0, 0.05) is 55.1 Å². The zero-order valence-electron chi connectivity index (χ0n) is 36.2. The molecule has 0 unspecified atom stereocenters. The highest BCUT2D eigenvalue weighted by molar-refractivity contribution is 7.92. The van der Waals surface area contributed by atoms with Gasteiger partial charge in [0.2, 0.25) is 10.0 Å². The lowest BCUT2D eigenvalue weighted by Gasteiger charge is -2.35. The van der Waals surface area contributed by atoms with E-state index in [2.05, 4.69) is 20.9 Å². The number of hydrogen-bond donors (Lipinski definition) is 2. The predicted molar refractivity (Wildman–Crippen MR) is 238 cm³/mol. The summed E-state index contributed by atoms with van der Waals surface area (Å²) in [6, 6.07) is 6.63. The van der Waals surface area contributed by atoms with Crippen molar-refractivity contribution in [2.24, 2.45) is 0 Å². The van der Waals surface area contributed by atoms with E-state index in [0.29, 0.717) is 116 Å². The van der Waals surface area contributed by atoms with Crippen molar-refractivity contribution in [2.45, 2.75) is 57.5 Å². The number of aromatic nitrogens is 3. The molecular weight excluding hydrogens is 842 g/mol. The highest BCUT2D eigenvalue weighted by atomic mass is 35.5. The van der Waals surface area contributed by atoms with E-state index in [4.69, 9.17) is 61.3 Å². The summed E-state index contributed by atoms with van der Waals surface area (Å²) in [5.41, 5.74) is 2.89. The van der Waals surface area contributed by atoms with Crippen LogP contribution >= 0.6 is 11.6 Å². The van der Waals surface area contributed by atoms with E-state index in [0.717, 1.165) is 81.5 Å². The first-order valence-corrected chi connectivity index (χ1v) is 23.8. The summed E-state index contributed by atoms with van der Waals surface area (Å²) < 4.78 is 66.7. The first-order chi connectivity index (χ1) is 30.1. The number of benzene rings is 1. The van der Waals surface area contributed by atoms with Gasteiger partial charge in [0.1, 0.15) is 12.4 Å². The zero-order chi connectivity index (χ0) is 44.0. The molecule has 3 aromatic rings. The molecule has 19 heteroatoms. The Bertz CT molecular complexity index is 1970. The molecule has 0 radical (unpaired) electrons. The highest BCUT2D eigenvalue weighted by Gasteiger charge is 2.33. The molecule has 2 aliphatic rings. The molecule has 0 bridgehead atoms. The fourth-order valence-electron chi connectivity index (χ4n) is 7.33. The molecular formula is C43H64ClN7O10S. The molecule has 2 fully saturated rings. The predicted octanol–water partition coefficient (Wildman–Crippen LogP) is 4.13. The Morgan fingerprint density at radius 2 is 1.48 bits per heavy atom. The van der Waals surface area contributed by atoms with E-state index in [1.807, 2.05) is 19.2 Å². The maximum absolute atomic E-state index is 14.0. The van der Waals surface area contributed by atoms with E-state index < -0.39 is 10.0 Å². The number of piperidine rings is 1. The van der Waals surface area contributed by atoms with E-state index in [1.54, 1.807) is 15.5 Å². The number of anilines is 2. The highest BCUT2D eigenvalue weighted by Crippen LogP contribution is 2.34. The Labute approximate surface area is 371 Å². The van der Waals surface area contributed by atoms with Crippen molar-refractivity contribution in [3.63, 3.8) is 0 Å². The van der Waals surface area contributed by atoms with Crippen LogP contribution in [0.5, 0.6) is 0 Å². The monoisotopic (exact) mass is 905 g/mol. The lowest BCUT2D eigenvalue weighted by atomic mass is 9.98. The smallest absolute Gasteiger partial charge is 0.256 e. The maximum Gasteiger partial charge on any atom is 0.256 e. The lowest BCUT2D eigenvalue weighted by molar-refractivity contribution is -0.0197. The van der Waals surface area contributed by atoms with Crippen molar-refractivity contribution in [1.29, 1.82) is 0 Å². The van der Waals surface area contributed by atoms with Gasteiger partial charge in [-0.1, -0.05) is 17.5 Å². The molecule has 0 aliphatic carbocycles. The molecule has 4 heterocycles.